The predicted octanol–water partition coefficient (Wildman–Crippen LogP) is 5.25. The number of carbonyl (C=O) groups is 2. The number of alkyl halides is 3. The van der Waals surface area contributed by atoms with E-state index in [9.17, 15) is 27.2 Å². The lowest BCUT2D eigenvalue weighted by Crippen LogP contribution is -2.52. The van der Waals surface area contributed by atoms with Crippen molar-refractivity contribution in [3.63, 3.8) is 0 Å². The standard InChI is InChI=1S/C28H26F4N4O4/c1-3-24(36-11-12-39-16-17(36)2)27(38)35-23-14-21(8-10-25(23)40-28(30,31)32)34-26(37)19-7-9-22(33-15-19)18-5-4-6-20(29)13-18/h3-10,13-15,17,24H,1,11-12,16H2,2H3,(H,34,37)(H,35,38)/t17-,24?/m0/s1. The van der Waals surface area contributed by atoms with E-state index in [1.165, 1.54) is 48.7 Å². The van der Waals surface area contributed by atoms with Gasteiger partial charge in [0.1, 0.15) is 11.9 Å². The van der Waals surface area contributed by atoms with E-state index in [4.69, 9.17) is 4.74 Å². The molecule has 2 atom stereocenters. The van der Waals surface area contributed by atoms with Crippen molar-refractivity contribution in [2.75, 3.05) is 30.4 Å². The Morgan fingerprint density at radius 1 is 1.18 bits per heavy atom. The summed E-state index contributed by atoms with van der Waals surface area (Å²) in [7, 11) is 0. The molecule has 0 radical (unpaired) electrons. The quantitative estimate of drug-likeness (QED) is 0.290. The van der Waals surface area contributed by atoms with Crippen molar-refractivity contribution in [1.29, 1.82) is 0 Å². The van der Waals surface area contributed by atoms with Crippen LogP contribution in [-0.2, 0) is 9.53 Å². The average molecular weight is 559 g/mol. The largest absolute Gasteiger partial charge is 0.573 e. The number of morpholine rings is 1. The first-order valence-electron chi connectivity index (χ1n) is 12.2. The molecule has 12 heteroatoms. The maximum absolute atomic E-state index is 13.5. The molecule has 0 spiro atoms. The lowest BCUT2D eigenvalue weighted by atomic mass is 10.1. The van der Waals surface area contributed by atoms with Crippen molar-refractivity contribution >= 4 is 23.2 Å². The zero-order valence-electron chi connectivity index (χ0n) is 21.4. The number of benzene rings is 2. The highest BCUT2D eigenvalue weighted by atomic mass is 19.4. The van der Waals surface area contributed by atoms with Crippen LogP contribution in [0.25, 0.3) is 11.3 Å². The summed E-state index contributed by atoms with van der Waals surface area (Å²) in [5.41, 5.74) is 0.915. The molecule has 1 aliphatic heterocycles. The molecule has 4 rings (SSSR count). The van der Waals surface area contributed by atoms with Gasteiger partial charge in [-0.05, 0) is 49.4 Å². The summed E-state index contributed by atoms with van der Waals surface area (Å²) >= 11 is 0. The Balaban J connectivity index is 1.53. The molecule has 2 aromatic carbocycles. The van der Waals surface area contributed by atoms with Crippen molar-refractivity contribution in [3.05, 3.63) is 84.8 Å². The van der Waals surface area contributed by atoms with Gasteiger partial charge in [-0.25, -0.2) is 4.39 Å². The van der Waals surface area contributed by atoms with Crippen LogP contribution in [0.5, 0.6) is 5.75 Å². The molecular weight excluding hydrogens is 532 g/mol. The number of carbonyl (C=O) groups excluding carboxylic acids is 2. The van der Waals surface area contributed by atoms with Crippen molar-refractivity contribution in [2.45, 2.75) is 25.4 Å². The molecule has 3 aromatic rings. The summed E-state index contributed by atoms with van der Waals surface area (Å²) < 4.78 is 62.2. The van der Waals surface area contributed by atoms with Crippen LogP contribution in [0, 0.1) is 5.82 Å². The molecular formula is C28H26F4N4O4. The van der Waals surface area contributed by atoms with Crippen molar-refractivity contribution < 1.29 is 36.6 Å². The van der Waals surface area contributed by atoms with Crippen LogP contribution in [-0.4, -0.2) is 59.9 Å². The van der Waals surface area contributed by atoms with E-state index in [1.807, 2.05) is 11.8 Å². The number of anilines is 2. The van der Waals surface area contributed by atoms with Crippen LogP contribution in [0.2, 0.25) is 0 Å². The highest BCUT2D eigenvalue weighted by molar-refractivity contribution is 6.05. The minimum atomic E-state index is -5.02. The van der Waals surface area contributed by atoms with Crippen LogP contribution in [0.3, 0.4) is 0 Å². The number of hydrogen-bond donors (Lipinski definition) is 2. The highest BCUT2D eigenvalue weighted by Gasteiger charge is 2.34. The minimum absolute atomic E-state index is 0.0962. The number of nitrogens with zero attached hydrogens (tertiary/aromatic N) is 2. The van der Waals surface area contributed by atoms with E-state index >= 15 is 0 Å². The van der Waals surface area contributed by atoms with Gasteiger partial charge in [-0.3, -0.25) is 19.5 Å². The second kappa shape index (κ2) is 12.3. The normalized spacial score (nSPS) is 16.6. The Bertz CT molecular complexity index is 1380. The molecule has 8 nitrogen and oxygen atoms in total. The Kier molecular flexibility index (Phi) is 8.80. The molecule has 2 amide bonds. The Morgan fingerprint density at radius 3 is 2.62 bits per heavy atom. The number of amides is 2. The van der Waals surface area contributed by atoms with Crippen molar-refractivity contribution in [1.82, 2.24) is 9.88 Å². The van der Waals surface area contributed by atoms with Gasteiger partial charge in [0.15, 0.2) is 5.75 Å². The summed E-state index contributed by atoms with van der Waals surface area (Å²) in [6.07, 6.45) is -2.33. The third-order valence-corrected chi connectivity index (χ3v) is 6.14. The molecule has 1 aromatic heterocycles. The van der Waals surface area contributed by atoms with Gasteiger partial charge >= 0.3 is 6.36 Å². The molecule has 210 valence electrons. The molecule has 1 fully saturated rings. The molecule has 1 saturated heterocycles. The molecule has 40 heavy (non-hydrogen) atoms. The number of pyridine rings is 1. The number of hydrogen-bond acceptors (Lipinski definition) is 6. The van der Waals surface area contributed by atoms with E-state index in [0.717, 1.165) is 12.1 Å². The molecule has 1 unspecified atom stereocenters. The number of aromatic nitrogens is 1. The lowest BCUT2D eigenvalue weighted by Gasteiger charge is -2.37. The lowest BCUT2D eigenvalue weighted by molar-refractivity contribution is -0.274. The van der Waals surface area contributed by atoms with Gasteiger partial charge in [-0.1, -0.05) is 18.2 Å². The van der Waals surface area contributed by atoms with Crippen LogP contribution < -0.4 is 15.4 Å². The smallest absolute Gasteiger partial charge is 0.404 e. The topological polar surface area (TPSA) is 92.8 Å². The summed E-state index contributed by atoms with van der Waals surface area (Å²) in [6.45, 7) is 6.77. The molecule has 0 saturated carbocycles. The summed E-state index contributed by atoms with van der Waals surface area (Å²) in [5, 5.41) is 5.04. The summed E-state index contributed by atoms with van der Waals surface area (Å²) in [6, 6.07) is 11.2. The first-order valence-corrected chi connectivity index (χ1v) is 12.2. The Labute approximate surface area is 227 Å². The van der Waals surface area contributed by atoms with Gasteiger partial charge in [-0.2, -0.15) is 0 Å². The second-order valence-electron chi connectivity index (χ2n) is 8.99. The molecule has 2 N–H and O–H groups in total. The monoisotopic (exact) mass is 558 g/mol. The van der Waals surface area contributed by atoms with Gasteiger partial charge in [-0.15, -0.1) is 19.8 Å². The fraction of sp³-hybridized carbons (Fsp3) is 0.250. The number of rotatable bonds is 8. The number of halogens is 4. The van der Waals surface area contributed by atoms with Gasteiger partial charge in [0.2, 0.25) is 5.91 Å². The van der Waals surface area contributed by atoms with E-state index < -0.39 is 35.8 Å². The van der Waals surface area contributed by atoms with E-state index in [2.05, 4.69) is 26.9 Å². The van der Waals surface area contributed by atoms with Crippen LogP contribution >= 0.6 is 0 Å². The van der Waals surface area contributed by atoms with Gasteiger partial charge < -0.3 is 20.1 Å². The number of ether oxygens (including phenoxy) is 2. The van der Waals surface area contributed by atoms with Crippen LogP contribution in [0.15, 0.2) is 73.4 Å². The van der Waals surface area contributed by atoms with Crippen LogP contribution in [0.1, 0.15) is 17.3 Å². The Morgan fingerprint density at radius 2 is 1.98 bits per heavy atom. The maximum atomic E-state index is 13.5. The van der Waals surface area contributed by atoms with Gasteiger partial charge in [0.25, 0.3) is 5.91 Å². The van der Waals surface area contributed by atoms with Gasteiger partial charge in [0, 0.05) is 30.0 Å². The molecule has 1 aliphatic rings. The van der Waals surface area contributed by atoms with Crippen LogP contribution in [0.4, 0.5) is 28.9 Å². The van der Waals surface area contributed by atoms with Crippen molar-refractivity contribution in [2.24, 2.45) is 0 Å². The van der Waals surface area contributed by atoms with E-state index in [-0.39, 0.29) is 23.0 Å². The van der Waals surface area contributed by atoms with E-state index in [1.54, 1.807) is 6.07 Å². The minimum Gasteiger partial charge on any atom is -0.404 e. The Hall–Kier alpha value is -4.29. The SMILES string of the molecule is C=CC(C(=O)Nc1cc(NC(=O)c2ccc(-c3cccc(F)c3)nc2)ccc1OC(F)(F)F)N1CCOC[C@@H]1C. The summed E-state index contributed by atoms with van der Waals surface area (Å²) in [4.78, 5) is 31.9. The van der Waals surface area contributed by atoms with Crippen molar-refractivity contribution in [3.8, 4) is 17.0 Å². The molecule has 2 heterocycles. The maximum Gasteiger partial charge on any atom is 0.573 e. The third-order valence-electron chi connectivity index (χ3n) is 6.14. The fourth-order valence-electron chi connectivity index (χ4n) is 4.22. The molecule has 0 aliphatic carbocycles. The van der Waals surface area contributed by atoms with Gasteiger partial charge in [0.05, 0.1) is 30.2 Å². The summed E-state index contributed by atoms with van der Waals surface area (Å²) in [5.74, 6) is -2.32. The fourth-order valence-corrected chi connectivity index (χ4v) is 4.22. The average Bonchev–Trinajstić information content (AvgIpc) is 2.91. The first kappa shape index (κ1) is 28.7. The van der Waals surface area contributed by atoms with E-state index in [0.29, 0.717) is 31.0 Å². The third kappa shape index (κ3) is 7.21. The zero-order chi connectivity index (χ0) is 28.9. The second-order valence-corrected chi connectivity index (χ2v) is 8.99. The highest BCUT2D eigenvalue weighted by Crippen LogP contribution is 2.33. The predicted molar refractivity (Wildman–Crippen MR) is 140 cm³/mol. The zero-order valence-corrected chi connectivity index (χ0v) is 21.4. The number of nitrogens with one attached hydrogen (secondary N) is 2. The molecule has 0 bridgehead atoms. The first-order chi connectivity index (χ1) is 19.0.